The van der Waals surface area contributed by atoms with E-state index in [9.17, 15) is 17.9 Å². The van der Waals surface area contributed by atoms with Crippen molar-refractivity contribution in [3.63, 3.8) is 0 Å². The fourth-order valence-corrected chi connectivity index (χ4v) is 4.20. The van der Waals surface area contributed by atoms with Gasteiger partial charge in [-0.05, 0) is 31.4 Å². The summed E-state index contributed by atoms with van der Waals surface area (Å²) in [6.45, 7) is 2.01. The predicted molar refractivity (Wildman–Crippen MR) is 74.4 cm³/mol. The molecule has 8 heteroatoms. The standard InChI is InChI=1S/C12H16ClFN2O3S/c1-7(17)8-2-3-16(6-8)20(18,19)11-5-9(13)4-10(15)12(11)14/h4-5,7-8,17H,2-3,6,15H2,1H3. The molecule has 1 aromatic rings. The maximum atomic E-state index is 13.9. The minimum Gasteiger partial charge on any atom is -0.396 e. The number of rotatable bonds is 3. The second-order valence-electron chi connectivity index (χ2n) is 4.96. The van der Waals surface area contributed by atoms with Crippen LogP contribution in [-0.2, 0) is 10.0 Å². The minimum absolute atomic E-state index is 0.0637. The van der Waals surface area contributed by atoms with E-state index in [-0.39, 0.29) is 29.7 Å². The molecule has 2 atom stereocenters. The van der Waals surface area contributed by atoms with Crippen molar-refractivity contribution in [1.29, 1.82) is 0 Å². The number of aliphatic hydroxyl groups excluding tert-OH is 1. The molecule has 0 amide bonds. The zero-order valence-electron chi connectivity index (χ0n) is 10.9. The van der Waals surface area contributed by atoms with Crippen LogP contribution in [0.5, 0.6) is 0 Å². The van der Waals surface area contributed by atoms with Gasteiger partial charge in [-0.3, -0.25) is 0 Å². The van der Waals surface area contributed by atoms with Crippen molar-refractivity contribution in [2.45, 2.75) is 24.3 Å². The van der Waals surface area contributed by atoms with Gasteiger partial charge in [-0.25, -0.2) is 12.8 Å². The number of halogens is 2. The minimum atomic E-state index is -4.00. The molecule has 0 aliphatic carbocycles. The first kappa shape index (κ1) is 15.5. The molecule has 0 spiro atoms. The molecule has 5 nitrogen and oxygen atoms in total. The van der Waals surface area contributed by atoms with Crippen molar-refractivity contribution in [2.24, 2.45) is 5.92 Å². The normalized spacial score (nSPS) is 22.1. The van der Waals surface area contributed by atoms with Crippen LogP contribution in [0.2, 0.25) is 5.02 Å². The van der Waals surface area contributed by atoms with Gasteiger partial charge in [-0.1, -0.05) is 11.6 Å². The maximum Gasteiger partial charge on any atom is 0.246 e. The highest BCUT2D eigenvalue weighted by Gasteiger charge is 2.36. The lowest BCUT2D eigenvalue weighted by molar-refractivity contribution is 0.133. The van der Waals surface area contributed by atoms with Gasteiger partial charge in [0.05, 0.1) is 11.8 Å². The van der Waals surface area contributed by atoms with Crippen molar-refractivity contribution in [1.82, 2.24) is 4.31 Å². The lowest BCUT2D eigenvalue weighted by atomic mass is 10.0. The third-order valence-electron chi connectivity index (χ3n) is 3.52. The quantitative estimate of drug-likeness (QED) is 0.825. The number of nitrogens with two attached hydrogens (primary N) is 1. The average Bonchev–Trinajstić information content (AvgIpc) is 2.83. The fourth-order valence-electron chi connectivity index (χ4n) is 2.28. The number of nitrogens with zero attached hydrogens (tertiary/aromatic N) is 1. The van der Waals surface area contributed by atoms with Gasteiger partial charge < -0.3 is 10.8 Å². The van der Waals surface area contributed by atoms with Crippen LogP contribution >= 0.6 is 11.6 Å². The fraction of sp³-hybridized carbons (Fsp3) is 0.500. The van der Waals surface area contributed by atoms with Crippen LogP contribution in [0, 0.1) is 11.7 Å². The Bertz CT molecular complexity index is 621. The summed E-state index contributed by atoms with van der Waals surface area (Å²) < 4.78 is 39.9. The molecule has 2 rings (SSSR count). The molecule has 1 saturated heterocycles. The number of hydrogen-bond donors (Lipinski definition) is 2. The van der Waals surface area contributed by atoms with Crippen LogP contribution in [0.1, 0.15) is 13.3 Å². The Balaban J connectivity index is 2.37. The molecule has 1 aliphatic heterocycles. The van der Waals surface area contributed by atoms with Crippen molar-refractivity contribution in [3.05, 3.63) is 23.0 Å². The third-order valence-corrected chi connectivity index (χ3v) is 5.60. The predicted octanol–water partition coefficient (Wildman–Crippen LogP) is 1.45. The van der Waals surface area contributed by atoms with Gasteiger partial charge in [0.1, 0.15) is 4.90 Å². The number of anilines is 1. The van der Waals surface area contributed by atoms with E-state index in [1.165, 1.54) is 6.07 Å². The van der Waals surface area contributed by atoms with Gasteiger partial charge in [0, 0.05) is 18.1 Å². The first-order chi connectivity index (χ1) is 9.23. The highest BCUT2D eigenvalue weighted by molar-refractivity contribution is 7.89. The molecule has 1 aromatic carbocycles. The number of hydrogen-bond acceptors (Lipinski definition) is 4. The number of sulfonamides is 1. The lowest BCUT2D eigenvalue weighted by Gasteiger charge is -2.18. The van der Waals surface area contributed by atoms with E-state index in [1.54, 1.807) is 6.92 Å². The van der Waals surface area contributed by atoms with Gasteiger partial charge in [-0.15, -0.1) is 0 Å². The van der Waals surface area contributed by atoms with Crippen LogP contribution in [0.15, 0.2) is 17.0 Å². The van der Waals surface area contributed by atoms with Crippen LogP contribution < -0.4 is 5.73 Å². The molecule has 20 heavy (non-hydrogen) atoms. The molecule has 0 radical (unpaired) electrons. The molecule has 1 fully saturated rings. The summed E-state index contributed by atoms with van der Waals surface area (Å²) >= 11 is 5.74. The number of nitrogen functional groups attached to an aromatic ring is 1. The van der Waals surface area contributed by atoms with E-state index in [0.717, 1.165) is 10.4 Å². The van der Waals surface area contributed by atoms with E-state index >= 15 is 0 Å². The van der Waals surface area contributed by atoms with E-state index < -0.39 is 26.8 Å². The molecule has 2 unspecified atom stereocenters. The molecule has 0 bridgehead atoms. The molecule has 0 saturated carbocycles. The Morgan fingerprint density at radius 1 is 1.55 bits per heavy atom. The Morgan fingerprint density at radius 2 is 2.20 bits per heavy atom. The summed E-state index contributed by atoms with van der Waals surface area (Å²) in [5.41, 5.74) is 5.11. The Kier molecular flexibility index (Phi) is 4.24. The van der Waals surface area contributed by atoms with Gasteiger partial charge >= 0.3 is 0 Å². The molecular formula is C12H16ClFN2O3S. The summed E-state index contributed by atoms with van der Waals surface area (Å²) in [4.78, 5) is -0.520. The van der Waals surface area contributed by atoms with Crippen molar-refractivity contribution in [2.75, 3.05) is 18.8 Å². The molecule has 0 aromatic heterocycles. The second-order valence-corrected chi connectivity index (χ2v) is 7.30. The zero-order chi connectivity index (χ0) is 15.1. The van der Waals surface area contributed by atoms with Crippen LogP contribution in [-0.4, -0.2) is 37.0 Å². The van der Waals surface area contributed by atoms with Gasteiger partial charge in [0.2, 0.25) is 10.0 Å². The number of aliphatic hydroxyl groups is 1. The van der Waals surface area contributed by atoms with Crippen molar-refractivity contribution < 1.29 is 17.9 Å². The molecule has 3 N–H and O–H groups in total. The summed E-state index contributed by atoms with van der Waals surface area (Å²) in [6, 6.07) is 2.22. The highest BCUT2D eigenvalue weighted by atomic mass is 35.5. The molecule has 1 heterocycles. The number of benzene rings is 1. The monoisotopic (exact) mass is 322 g/mol. The summed E-state index contributed by atoms with van der Waals surface area (Å²) in [5, 5.41) is 9.58. The Hall–Kier alpha value is -0.890. The van der Waals surface area contributed by atoms with Gasteiger partial charge in [0.15, 0.2) is 5.82 Å². The summed E-state index contributed by atoms with van der Waals surface area (Å²) in [6.07, 6.45) is -0.0707. The first-order valence-corrected chi connectivity index (χ1v) is 7.98. The first-order valence-electron chi connectivity index (χ1n) is 6.16. The van der Waals surface area contributed by atoms with Crippen LogP contribution in [0.25, 0.3) is 0 Å². The highest BCUT2D eigenvalue weighted by Crippen LogP contribution is 2.31. The second kappa shape index (κ2) is 5.48. The average molecular weight is 323 g/mol. The molecule has 1 aliphatic rings. The van der Waals surface area contributed by atoms with Crippen molar-refractivity contribution >= 4 is 27.3 Å². The van der Waals surface area contributed by atoms with E-state index in [1.807, 2.05) is 0 Å². The van der Waals surface area contributed by atoms with Crippen LogP contribution in [0.4, 0.5) is 10.1 Å². The topological polar surface area (TPSA) is 83.6 Å². The Labute approximate surface area is 122 Å². The third kappa shape index (κ3) is 2.76. The lowest BCUT2D eigenvalue weighted by Crippen LogP contribution is -2.31. The van der Waals surface area contributed by atoms with E-state index in [2.05, 4.69) is 0 Å². The zero-order valence-corrected chi connectivity index (χ0v) is 12.5. The van der Waals surface area contributed by atoms with Crippen molar-refractivity contribution in [3.8, 4) is 0 Å². The maximum absolute atomic E-state index is 13.9. The molecular weight excluding hydrogens is 307 g/mol. The van der Waals surface area contributed by atoms with Crippen LogP contribution in [0.3, 0.4) is 0 Å². The van der Waals surface area contributed by atoms with E-state index in [4.69, 9.17) is 17.3 Å². The largest absolute Gasteiger partial charge is 0.396 e. The smallest absolute Gasteiger partial charge is 0.246 e. The SMILES string of the molecule is CC(O)C1CCN(S(=O)(=O)c2cc(Cl)cc(N)c2F)C1. The van der Waals surface area contributed by atoms with E-state index in [0.29, 0.717) is 6.42 Å². The molecule has 112 valence electrons. The van der Waals surface area contributed by atoms with Gasteiger partial charge in [-0.2, -0.15) is 4.31 Å². The summed E-state index contributed by atoms with van der Waals surface area (Å²) in [5.74, 6) is -1.14. The Morgan fingerprint density at radius 3 is 2.75 bits per heavy atom. The van der Waals surface area contributed by atoms with Gasteiger partial charge in [0.25, 0.3) is 0 Å². The summed E-state index contributed by atoms with van der Waals surface area (Å²) in [7, 11) is -4.00.